The lowest BCUT2D eigenvalue weighted by Gasteiger charge is -2.09. The highest BCUT2D eigenvalue weighted by Crippen LogP contribution is 2.22. The Kier molecular flexibility index (Phi) is 5.46. The van der Waals surface area contributed by atoms with Gasteiger partial charge in [-0.1, -0.05) is 13.8 Å². The quantitative estimate of drug-likeness (QED) is 0.506. The van der Waals surface area contributed by atoms with Crippen LogP contribution in [0.4, 0.5) is 0 Å². The predicted octanol–water partition coefficient (Wildman–Crippen LogP) is 3.26. The first-order chi connectivity index (χ1) is 7.33. The highest BCUT2D eigenvalue weighted by atomic mass is 127. The third-order valence-corrected chi connectivity index (χ3v) is 5.02. The summed E-state index contributed by atoms with van der Waals surface area (Å²) in [5.41, 5.74) is 0. The van der Waals surface area contributed by atoms with E-state index in [0.29, 0.717) is 3.57 Å². The van der Waals surface area contributed by atoms with Crippen molar-refractivity contribution in [1.29, 1.82) is 0 Å². The maximum Gasteiger partial charge on any atom is 0.298 e. The smallest absolute Gasteiger partial charge is 0.266 e. The lowest BCUT2D eigenvalue weighted by atomic mass is 10.2. The Hall–Kier alpha value is 0.590. The zero-order valence-corrected chi connectivity index (χ0v) is 14.0. The van der Waals surface area contributed by atoms with E-state index in [1.54, 1.807) is 12.1 Å². The first kappa shape index (κ1) is 14.7. The Morgan fingerprint density at radius 2 is 1.94 bits per heavy atom. The van der Waals surface area contributed by atoms with Gasteiger partial charge in [0.25, 0.3) is 10.1 Å². The number of halogens is 2. The second-order valence-electron chi connectivity index (χ2n) is 3.71. The van der Waals surface area contributed by atoms with Gasteiger partial charge >= 0.3 is 0 Å². The molecule has 0 spiro atoms. The molecular weight excluding hydrogens is 454 g/mol. The molecule has 0 saturated carbocycles. The van der Waals surface area contributed by atoms with Gasteiger partial charge in [0.05, 0.1) is 6.61 Å². The summed E-state index contributed by atoms with van der Waals surface area (Å²) in [5.74, 6) is 0.190. The molecule has 0 aliphatic carbocycles. The fourth-order valence-corrected chi connectivity index (χ4v) is 3.96. The molecule has 0 aliphatic rings. The largest absolute Gasteiger partial charge is 0.298 e. The van der Waals surface area contributed by atoms with Crippen LogP contribution in [0.25, 0.3) is 0 Å². The van der Waals surface area contributed by atoms with Crippen molar-refractivity contribution in [3.8, 4) is 0 Å². The van der Waals surface area contributed by atoms with E-state index in [-0.39, 0.29) is 17.4 Å². The Morgan fingerprint density at radius 3 is 2.50 bits per heavy atom. The van der Waals surface area contributed by atoms with Crippen LogP contribution >= 0.6 is 45.2 Å². The van der Waals surface area contributed by atoms with Gasteiger partial charge in [-0.2, -0.15) is 8.42 Å². The number of benzene rings is 1. The van der Waals surface area contributed by atoms with Crippen LogP contribution in [-0.4, -0.2) is 15.0 Å². The van der Waals surface area contributed by atoms with Crippen LogP contribution in [0, 0.1) is 13.1 Å². The summed E-state index contributed by atoms with van der Waals surface area (Å²) in [6.07, 6.45) is 0. The van der Waals surface area contributed by atoms with Gasteiger partial charge in [0.2, 0.25) is 0 Å². The van der Waals surface area contributed by atoms with Gasteiger partial charge in [0.15, 0.2) is 0 Å². The Labute approximate surface area is 123 Å². The molecule has 0 heterocycles. The van der Waals surface area contributed by atoms with Crippen molar-refractivity contribution in [2.45, 2.75) is 18.7 Å². The van der Waals surface area contributed by atoms with Gasteiger partial charge < -0.3 is 0 Å². The van der Waals surface area contributed by atoms with Gasteiger partial charge in [0.1, 0.15) is 4.90 Å². The molecule has 0 atom stereocenters. The van der Waals surface area contributed by atoms with Crippen LogP contribution in [0.2, 0.25) is 0 Å². The second kappa shape index (κ2) is 5.96. The Morgan fingerprint density at radius 1 is 1.31 bits per heavy atom. The van der Waals surface area contributed by atoms with Crippen molar-refractivity contribution < 1.29 is 12.6 Å². The summed E-state index contributed by atoms with van der Waals surface area (Å²) >= 11 is 4.08. The topological polar surface area (TPSA) is 43.4 Å². The molecule has 1 aromatic carbocycles. The fraction of sp³-hybridized carbons (Fsp3) is 0.400. The molecule has 1 rings (SSSR count). The van der Waals surface area contributed by atoms with Crippen LogP contribution in [0.15, 0.2) is 23.1 Å². The zero-order valence-electron chi connectivity index (χ0n) is 8.91. The minimum absolute atomic E-state index is 0.190. The molecule has 0 amide bonds. The van der Waals surface area contributed by atoms with Crippen molar-refractivity contribution in [2.75, 3.05) is 6.61 Å². The Bertz CT molecular complexity index is 469. The van der Waals surface area contributed by atoms with Gasteiger partial charge in [-0.3, -0.25) is 4.18 Å². The molecule has 0 unspecified atom stereocenters. The molecule has 0 radical (unpaired) electrons. The SMILES string of the molecule is CC(C)COS(=O)(=O)c1cc(I)ccc1I. The van der Waals surface area contributed by atoms with Crippen molar-refractivity contribution in [3.63, 3.8) is 0 Å². The van der Waals surface area contributed by atoms with Crippen molar-refractivity contribution >= 4 is 55.3 Å². The molecule has 16 heavy (non-hydrogen) atoms. The number of hydrogen-bond acceptors (Lipinski definition) is 3. The number of hydrogen-bond donors (Lipinski definition) is 0. The minimum atomic E-state index is -3.62. The molecule has 0 N–H and O–H groups in total. The van der Waals surface area contributed by atoms with E-state index in [1.165, 1.54) is 0 Å². The summed E-state index contributed by atoms with van der Waals surface area (Å²) in [6.45, 7) is 4.04. The molecule has 0 bridgehead atoms. The lowest BCUT2D eigenvalue weighted by Crippen LogP contribution is -2.12. The van der Waals surface area contributed by atoms with Crippen molar-refractivity contribution in [1.82, 2.24) is 0 Å². The number of rotatable bonds is 4. The molecule has 3 nitrogen and oxygen atoms in total. The third-order valence-electron chi connectivity index (χ3n) is 1.72. The lowest BCUT2D eigenvalue weighted by molar-refractivity contribution is 0.275. The zero-order chi connectivity index (χ0) is 12.3. The van der Waals surface area contributed by atoms with Gasteiger partial charge in [0, 0.05) is 7.14 Å². The van der Waals surface area contributed by atoms with E-state index < -0.39 is 10.1 Å². The predicted molar refractivity (Wildman–Crippen MR) is 79.9 cm³/mol. The van der Waals surface area contributed by atoms with Crippen molar-refractivity contribution in [3.05, 3.63) is 25.3 Å². The normalized spacial score (nSPS) is 12.1. The van der Waals surface area contributed by atoms with Gasteiger partial charge in [-0.05, 0) is 69.3 Å². The van der Waals surface area contributed by atoms with E-state index in [0.717, 1.165) is 3.57 Å². The molecule has 0 fully saturated rings. The Balaban J connectivity index is 3.02. The van der Waals surface area contributed by atoms with Crippen molar-refractivity contribution in [2.24, 2.45) is 5.92 Å². The summed E-state index contributed by atoms with van der Waals surface area (Å²) in [5, 5.41) is 0. The summed E-state index contributed by atoms with van der Waals surface area (Å²) in [7, 11) is -3.62. The highest BCUT2D eigenvalue weighted by molar-refractivity contribution is 14.1. The molecule has 6 heteroatoms. The molecule has 0 aromatic heterocycles. The molecule has 0 aliphatic heterocycles. The third kappa shape index (κ3) is 4.11. The van der Waals surface area contributed by atoms with E-state index in [4.69, 9.17) is 4.18 Å². The maximum absolute atomic E-state index is 11.9. The fourth-order valence-electron chi connectivity index (χ4n) is 0.958. The van der Waals surface area contributed by atoms with Crippen LogP contribution < -0.4 is 0 Å². The first-order valence-corrected chi connectivity index (χ1v) is 8.24. The molecular formula is C10H12I2O3S. The van der Waals surface area contributed by atoms with E-state index >= 15 is 0 Å². The van der Waals surface area contributed by atoms with Crippen LogP contribution in [0.3, 0.4) is 0 Å². The second-order valence-corrected chi connectivity index (χ2v) is 7.70. The first-order valence-electron chi connectivity index (χ1n) is 4.67. The van der Waals surface area contributed by atoms with Crippen LogP contribution in [0.1, 0.15) is 13.8 Å². The van der Waals surface area contributed by atoms with E-state index in [2.05, 4.69) is 22.6 Å². The van der Waals surface area contributed by atoms with Gasteiger partial charge in [-0.25, -0.2) is 0 Å². The highest BCUT2D eigenvalue weighted by Gasteiger charge is 2.19. The van der Waals surface area contributed by atoms with E-state index in [1.807, 2.05) is 42.5 Å². The summed E-state index contributed by atoms with van der Waals surface area (Å²) < 4.78 is 30.3. The monoisotopic (exact) mass is 466 g/mol. The standard InChI is InChI=1S/C10H12I2O3S/c1-7(2)6-15-16(13,14)10-5-8(11)3-4-9(10)12/h3-5,7H,6H2,1-2H3. The van der Waals surface area contributed by atoms with Crippen LogP contribution in [-0.2, 0) is 14.3 Å². The minimum Gasteiger partial charge on any atom is -0.266 e. The summed E-state index contributed by atoms with van der Waals surface area (Å²) in [6, 6.07) is 5.26. The molecule has 90 valence electrons. The maximum atomic E-state index is 11.9. The average molecular weight is 466 g/mol. The van der Waals surface area contributed by atoms with Crippen LogP contribution in [0.5, 0.6) is 0 Å². The average Bonchev–Trinajstić information content (AvgIpc) is 2.19. The van der Waals surface area contributed by atoms with E-state index in [9.17, 15) is 8.42 Å². The summed E-state index contributed by atoms with van der Waals surface area (Å²) in [4.78, 5) is 0.251. The molecule has 1 aromatic rings. The molecule has 0 saturated heterocycles. The van der Waals surface area contributed by atoms with Gasteiger partial charge in [-0.15, -0.1) is 0 Å².